The number of hydrogen-bond acceptors (Lipinski definition) is 4. The number of nitrogens with zero attached hydrogens (tertiary/aromatic N) is 3. The van der Waals surface area contributed by atoms with Crippen LogP contribution in [-0.4, -0.2) is 15.9 Å². The lowest BCUT2D eigenvalue weighted by Gasteiger charge is -2.20. The van der Waals surface area contributed by atoms with Gasteiger partial charge in [-0.25, -0.2) is 4.98 Å². The van der Waals surface area contributed by atoms with Crippen molar-refractivity contribution in [2.75, 3.05) is 4.90 Å². The van der Waals surface area contributed by atoms with Gasteiger partial charge >= 0.3 is 0 Å². The second-order valence-electron chi connectivity index (χ2n) is 6.18. The molecule has 0 radical (unpaired) electrons. The molecule has 0 saturated heterocycles. The fourth-order valence-corrected chi connectivity index (χ4v) is 4.31. The Labute approximate surface area is 166 Å². The Kier molecular flexibility index (Phi) is 4.88. The van der Waals surface area contributed by atoms with Gasteiger partial charge in [0, 0.05) is 23.0 Å². The van der Waals surface area contributed by atoms with Crippen molar-refractivity contribution in [1.82, 2.24) is 9.97 Å². The highest BCUT2D eigenvalue weighted by atomic mass is 35.5. The van der Waals surface area contributed by atoms with Crippen molar-refractivity contribution in [3.8, 4) is 0 Å². The highest BCUT2D eigenvalue weighted by molar-refractivity contribution is 7.22. The minimum atomic E-state index is -0.0878. The van der Waals surface area contributed by atoms with E-state index in [2.05, 4.69) is 4.98 Å². The van der Waals surface area contributed by atoms with Crippen LogP contribution in [0.2, 0.25) is 5.02 Å². The number of amides is 1. The standard InChI is InChI=1S/C21H16ClN3OS/c1-14-11-17(22)12-18-19(14)24-21(27-18)25(13-15-7-9-23-10-8-15)20(26)16-5-3-2-4-6-16/h2-12H,13H2,1H3. The Hall–Kier alpha value is -2.76. The molecule has 1 amide bonds. The zero-order valence-electron chi connectivity index (χ0n) is 14.6. The van der Waals surface area contributed by atoms with Crippen LogP contribution < -0.4 is 4.90 Å². The van der Waals surface area contributed by atoms with Crippen LogP contribution in [0.1, 0.15) is 21.5 Å². The average molecular weight is 394 g/mol. The van der Waals surface area contributed by atoms with Gasteiger partial charge in [-0.05, 0) is 54.4 Å². The van der Waals surface area contributed by atoms with Crippen molar-refractivity contribution in [2.24, 2.45) is 0 Å². The molecule has 2 aromatic heterocycles. The van der Waals surface area contributed by atoms with E-state index in [1.807, 2.05) is 61.5 Å². The predicted molar refractivity (Wildman–Crippen MR) is 111 cm³/mol. The first-order valence-corrected chi connectivity index (χ1v) is 9.64. The number of aryl methyl sites for hydroxylation is 1. The van der Waals surface area contributed by atoms with Gasteiger partial charge in [-0.1, -0.05) is 41.1 Å². The lowest BCUT2D eigenvalue weighted by atomic mass is 10.2. The molecule has 0 aliphatic carbocycles. The molecule has 134 valence electrons. The third kappa shape index (κ3) is 3.70. The van der Waals surface area contributed by atoms with Crippen molar-refractivity contribution >= 4 is 44.2 Å². The first-order valence-electron chi connectivity index (χ1n) is 8.44. The molecule has 27 heavy (non-hydrogen) atoms. The SMILES string of the molecule is Cc1cc(Cl)cc2sc(N(Cc3ccncc3)C(=O)c3ccccc3)nc12. The summed E-state index contributed by atoms with van der Waals surface area (Å²) in [6.45, 7) is 2.40. The lowest BCUT2D eigenvalue weighted by Crippen LogP contribution is -2.30. The average Bonchev–Trinajstić information content (AvgIpc) is 3.11. The van der Waals surface area contributed by atoms with Crippen LogP contribution >= 0.6 is 22.9 Å². The predicted octanol–water partition coefficient (Wildman–Crippen LogP) is 5.50. The molecule has 0 atom stereocenters. The highest BCUT2D eigenvalue weighted by Gasteiger charge is 2.22. The number of thiazole rings is 1. The number of fused-ring (bicyclic) bond motifs is 1. The quantitative estimate of drug-likeness (QED) is 0.460. The molecule has 4 nitrogen and oxygen atoms in total. The van der Waals surface area contributed by atoms with Gasteiger partial charge in [0.1, 0.15) is 0 Å². The fourth-order valence-electron chi connectivity index (χ4n) is 2.89. The van der Waals surface area contributed by atoms with E-state index in [0.717, 1.165) is 21.3 Å². The number of carbonyl (C=O) groups is 1. The van der Waals surface area contributed by atoms with Crippen molar-refractivity contribution in [2.45, 2.75) is 13.5 Å². The topological polar surface area (TPSA) is 46.1 Å². The Bertz CT molecular complexity index is 1100. The van der Waals surface area contributed by atoms with Crippen LogP contribution in [0.15, 0.2) is 67.0 Å². The van der Waals surface area contributed by atoms with Gasteiger partial charge < -0.3 is 0 Å². The summed E-state index contributed by atoms with van der Waals surface area (Å²) in [5.41, 5.74) is 3.49. The fraction of sp³-hybridized carbons (Fsp3) is 0.0952. The molecule has 0 aliphatic rings. The maximum Gasteiger partial charge on any atom is 0.260 e. The maximum absolute atomic E-state index is 13.2. The van der Waals surface area contributed by atoms with Crippen LogP contribution in [0.25, 0.3) is 10.2 Å². The number of halogens is 1. The molecule has 0 spiro atoms. The van der Waals surface area contributed by atoms with E-state index in [0.29, 0.717) is 22.3 Å². The zero-order chi connectivity index (χ0) is 18.8. The minimum absolute atomic E-state index is 0.0878. The molecular weight excluding hydrogens is 378 g/mol. The number of hydrogen-bond donors (Lipinski definition) is 0. The molecule has 0 N–H and O–H groups in total. The molecule has 2 aromatic carbocycles. The lowest BCUT2D eigenvalue weighted by molar-refractivity contribution is 0.0985. The summed E-state index contributed by atoms with van der Waals surface area (Å²) in [7, 11) is 0. The van der Waals surface area contributed by atoms with Crippen molar-refractivity contribution < 1.29 is 4.79 Å². The number of benzene rings is 2. The van der Waals surface area contributed by atoms with Gasteiger partial charge in [0.2, 0.25) is 0 Å². The van der Waals surface area contributed by atoms with Gasteiger partial charge in [0.15, 0.2) is 5.13 Å². The van der Waals surface area contributed by atoms with Gasteiger partial charge in [0.25, 0.3) is 5.91 Å². The molecule has 0 fully saturated rings. The van der Waals surface area contributed by atoms with Gasteiger partial charge in [-0.3, -0.25) is 14.7 Å². The maximum atomic E-state index is 13.2. The first-order chi connectivity index (χ1) is 13.1. The number of carbonyl (C=O) groups excluding carboxylic acids is 1. The molecule has 2 heterocycles. The molecular formula is C21H16ClN3OS. The summed E-state index contributed by atoms with van der Waals surface area (Å²) in [6, 6.07) is 16.8. The Morgan fingerprint density at radius 3 is 2.59 bits per heavy atom. The molecule has 0 unspecified atom stereocenters. The van der Waals surface area contributed by atoms with Gasteiger partial charge in [-0.15, -0.1) is 0 Å². The van der Waals surface area contributed by atoms with E-state index >= 15 is 0 Å². The van der Waals surface area contributed by atoms with E-state index in [1.165, 1.54) is 11.3 Å². The molecule has 4 aromatic rings. The van der Waals surface area contributed by atoms with E-state index in [-0.39, 0.29) is 5.91 Å². The Morgan fingerprint density at radius 2 is 1.85 bits per heavy atom. The van der Waals surface area contributed by atoms with E-state index < -0.39 is 0 Å². The van der Waals surface area contributed by atoms with Crippen LogP contribution in [0.3, 0.4) is 0 Å². The van der Waals surface area contributed by atoms with Crippen molar-refractivity contribution in [3.63, 3.8) is 0 Å². The third-order valence-corrected chi connectivity index (χ3v) is 5.47. The number of anilines is 1. The Balaban J connectivity index is 1.80. The summed E-state index contributed by atoms with van der Waals surface area (Å²) >= 11 is 7.66. The van der Waals surface area contributed by atoms with Crippen LogP contribution in [-0.2, 0) is 6.54 Å². The largest absolute Gasteiger partial charge is 0.279 e. The highest BCUT2D eigenvalue weighted by Crippen LogP contribution is 2.34. The number of aromatic nitrogens is 2. The second-order valence-corrected chi connectivity index (χ2v) is 7.62. The van der Waals surface area contributed by atoms with E-state index in [1.54, 1.807) is 17.3 Å². The summed E-state index contributed by atoms with van der Waals surface area (Å²) in [5, 5.41) is 1.33. The number of pyridine rings is 1. The smallest absolute Gasteiger partial charge is 0.260 e. The molecule has 0 saturated carbocycles. The molecule has 6 heteroatoms. The zero-order valence-corrected chi connectivity index (χ0v) is 16.2. The summed E-state index contributed by atoms with van der Waals surface area (Å²) in [5.74, 6) is -0.0878. The Morgan fingerprint density at radius 1 is 1.11 bits per heavy atom. The van der Waals surface area contributed by atoms with Crippen LogP contribution in [0.4, 0.5) is 5.13 Å². The van der Waals surface area contributed by atoms with E-state index in [4.69, 9.17) is 16.6 Å². The summed E-state index contributed by atoms with van der Waals surface area (Å²) in [4.78, 5) is 23.7. The summed E-state index contributed by atoms with van der Waals surface area (Å²) < 4.78 is 0.968. The number of rotatable bonds is 4. The van der Waals surface area contributed by atoms with Gasteiger partial charge in [-0.2, -0.15) is 0 Å². The van der Waals surface area contributed by atoms with Gasteiger partial charge in [0.05, 0.1) is 16.8 Å². The van der Waals surface area contributed by atoms with Crippen molar-refractivity contribution in [3.05, 3.63) is 88.7 Å². The second kappa shape index (κ2) is 7.47. The first kappa shape index (κ1) is 17.6. The molecule has 0 bridgehead atoms. The van der Waals surface area contributed by atoms with Crippen LogP contribution in [0.5, 0.6) is 0 Å². The normalized spacial score (nSPS) is 10.9. The monoisotopic (exact) mass is 393 g/mol. The molecule has 4 rings (SSSR count). The van der Waals surface area contributed by atoms with Crippen molar-refractivity contribution in [1.29, 1.82) is 0 Å². The van der Waals surface area contributed by atoms with Crippen LogP contribution in [0, 0.1) is 6.92 Å². The minimum Gasteiger partial charge on any atom is -0.279 e. The summed E-state index contributed by atoms with van der Waals surface area (Å²) in [6.07, 6.45) is 3.45. The third-order valence-electron chi connectivity index (χ3n) is 4.23. The van der Waals surface area contributed by atoms with E-state index in [9.17, 15) is 4.79 Å². The molecule has 0 aliphatic heterocycles.